The van der Waals surface area contributed by atoms with Crippen molar-refractivity contribution in [3.63, 3.8) is 0 Å². The number of hydrogen-bond acceptors (Lipinski definition) is 5. The summed E-state index contributed by atoms with van der Waals surface area (Å²) in [7, 11) is 0. The Labute approximate surface area is 136 Å². The van der Waals surface area contributed by atoms with Crippen molar-refractivity contribution in [1.29, 1.82) is 0 Å². The Kier molecular flexibility index (Phi) is 4.01. The smallest absolute Gasteiger partial charge is 0.226 e. The molecule has 0 aliphatic rings. The van der Waals surface area contributed by atoms with E-state index in [2.05, 4.69) is 15.0 Å². The molecule has 3 rings (SSSR count). The average molecular weight is 359 g/mol. The molecule has 0 aliphatic heterocycles. The normalized spacial score (nSPS) is 11.4. The molecule has 9 heteroatoms. The third-order valence-corrected chi connectivity index (χ3v) is 5.42. The summed E-state index contributed by atoms with van der Waals surface area (Å²) in [6.07, 6.45) is 0. The summed E-state index contributed by atoms with van der Waals surface area (Å²) in [4.78, 5) is 11.8. The number of pyridine rings is 1. The number of aryl methyl sites for hydroxylation is 3. The second-order valence-electron chi connectivity index (χ2n) is 4.79. The van der Waals surface area contributed by atoms with Crippen molar-refractivity contribution in [3.8, 4) is 0 Å². The standard InChI is InChI=1S/C14H9F4N3S2/c1-4-5(2)22-13-7(4)14(20-6(3)19-13)23-10-8(15)11(17)21-12(18)9(10)16/h1-3H3. The topological polar surface area (TPSA) is 38.7 Å². The number of rotatable bonds is 2. The van der Waals surface area contributed by atoms with Gasteiger partial charge in [0.15, 0.2) is 11.6 Å². The van der Waals surface area contributed by atoms with Crippen molar-refractivity contribution in [2.24, 2.45) is 0 Å². The summed E-state index contributed by atoms with van der Waals surface area (Å²) < 4.78 is 54.2. The van der Waals surface area contributed by atoms with Crippen molar-refractivity contribution in [2.75, 3.05) is 0 Å². The summed E-state index contributed by atoms with van der Waals surface area (Å²) >= 11 is 1.95. The van der Waals surface area contributed by atoms with Crippen molar-refractivity contribution < 1.29 is 17.6 Å². The molecule has 0 fully saturated rings. The minimum atomic E-state index is -1.69. The first-order valence-electron chi connectivity index (χ1n) is 6.41. The Morgan fingerprint density at radius 2 is 1.48 bits per heavy atom. The van der Waals surface area contributed by atoms with E-state index >= 15 is 0 Å². The summed E-state index contributed by atoms with van der Waals surface area (Å²) in [5.41, 5.74) is 0.864. The monoisotopic (exact) mass is 359 g/mol. The predicted molar refractivity (Wildman–Crippen MR) is 79.8 cm³/mol. The highest BCUT2D eigenvalue weighted by Gasteiger charge is 2.24. The number of hydrogen-bond donors (Lipinski definition) is 0. The van der Waals surface area contributed by atoms with Crippen molar-refractivity contribution in [3.05, 3.63) is 39.8 Å². The van der Waals surface area contributed by atoms with Crippen LogP contribution in [-0.4, -0.2) is 15.0 Å². The van der Waals surface area contributed by atoms with Gasteiger partial charge in [-0.2, -0.15) is 13.8 Å². The largest absolute Gasteiger partial charge is 0.252 e. The lowest BCUT2D eigenvalue weighted by molar-refractivity contribution is 0.383. The van der Waals surface area contributed by atoms with E-state index in [1.54, 1.807) is 6.92 Å². The molecule has 3 aromatic rings. The first-order valence-corrected chi connectivity index (χ1v) is 8.05. The summed E-state index contributed by atoms with van der Waals surface area (Å²) in [5.74, 6) is -6.05. The third kappa shape index (κ3) is 2.67. The van der Waals surface area contributed by atoms with E-state index in [0.29, 0.717) is 27.8 Å². The molecule has 0 saturated heterocycles. The van der Waals surface area contributed by atoms with E-state index < -0.39 is 28.4 Å². The van der Waals surface area contributed by atoms with Gasteiger partial charge in [-0.1, -0.05) is 11.8 Å². The second kappa shape index (κ2) is 5.72. The van der Waals surface area contributed by atoms with Gasteiger partial charge in [-0.3, -0.25) is 0 Å². The van der Waals surface area contributed by atoms with Gasteiger partial charge in [-0.25, -0.2) is 18.7 Å². The van der Waals surface area contributed by atoms with Crippen molar-refractivity contribution in [2.45, 2.75) is 30.7 Å². The fourth-order valence-electron chi connectivity index (χ4n) is 2.04. The molecule has 3 nitrogen and oxygen atoms in total. The SMILES string of the molecule is Cc1nc(Sc2c(F)c(F)nc(F)c2F)c2c(C)c(C)sc2n1. The number of nitrogens with zero attached hydrogens (tertiary/aromatic N) is 3. The Morgan fingerprint density at radius 1 is 0.870 bits per heavy atom. The fraction of sp³-hybridized carbons (Fsp3) is 0.214. The Hall–Kier alpha value is -1.74. The molecule has 0 bridgehead atoms. The Bertz CT molecular complexity index is 914. The Morgan fingerprint density at radius 3 is 2.09 bits per heavy atom. The molecule has 0 aliphatic carbocycles. The lowest BCUT2D eigenvalue weighted by Gasteiger charge is -2.07. The first kappa shape index (κ1) is 16.1. The Balaban J connectivity index is 2.24. The third-order valence-electron chi connectivity index (χ3n) is 3.26. The van der Waals surface area contributed by atoms with E-state index in [1.165, 1.54) is 11.3 Å². The number of halogens is 4. The highest BCUT2D eigenvalue weighted by atomic mass is 32.2. The average Bonchev–Trinajstić information content (AvgIpc) is 2.76. The summed E-state index contributed by atoms with van der Waals surface area (Å²) in [5, 5.41) is 0.872. The molecule has 3 heterocycles. The number of fused-ring (bicyclic) bond motifs is 1. The highest BCUT2D eigenvalue weighted by molar-refractivity contribution is 7.99. The molecule has 0 amide bonds. The van der Waals surface area contributed by atoms with Crippen molar-refractivity contribution >= 4 is 33.3 Å². The number of thiophene rings is 1. The van der Waals surface area contributed by atoms with E-state index in [4.69, 9.17) is 0 Å². The van der Waals surface area contributed by atoms with Crippen LogP contribution < -0.4 is 0 Å². The first-order chi connectivity index (χ1) is 10.8. The van der Waals surface area contributed by atoms with Gasteiger partial charge >= 0.3 is 0 Å². The minimum absolute atomic E-state index is 0.247. The summed E-state index contributed by atoms with van der Waals surface area (Å²) in [6, 6.07) is 0. The van der Waals surface area contributed by atoms with Gasteiger partial charge in [0, 0.05) is 10.3 Å². The van der Waals surface area contributed by atoms with Gasteiger partial charge in [-0.15, -0.1) is 11.3 Å². The van der Waals surface area contributed by atoms with Gasteiger partial charge in [0.25, 0.3) is 11.9 Å². The van der Waals surface area contributed by atoms with Crippen LogP contribution in [-0.2, 0) is 0 Å². The number of aromatic nitrogens is 3. The highest BCUT2D eigenvalue weighted by Crippen LogP contribution is 2.40. The van der Waals surface area contributed by atoms with E-state index in [0.717, 1.165) is 10.4 Å². The zero-order valence-corrected chi connectivity index (χ0v) is 13.8. The van der Waals surface area contributed by atoms with Gasteiger partial charge in [0.1, 0.15) is 15.7 Å². The van der Waals surface area contributed by atoms with Gasteiger partial charge in [-0.05, 0) is 26.3 Å². The molecule has 0 unspecified atom stereocenters. The molecule has 0 saturated carbocycles. The van der Waals surface area contributed by atoms with Crippen LogP contribution in [0.1, 0.15) is 16.3 Å². The van der Waals surface area contributed by atoms with E-state index in [-0.39, 0.29) is 5.03 Å². The quantitative estimate of drug-likeness (QED) is 0.377. The molecule has 0 radical (unpaired) electrons. The minimum Gasteiger partial charge on any atom is -0.226 e. The molecular formula is C14H9F4N3S2. The van der Waals surface area contributed by atoms with E-state index in [9.17, 15) is 17.6 Å². The van der Waals surface area contributed by atoms with Crippen molar-refractivity contribution in [1.82, 2.24) is 15.0 Å². The molecular weight excluding hydrogens is 350 g/mol. The zero-order chi connectivity index (χ0) is 16.9. The molecule has 3 aromatic heterocycles. The fourth-order valence-corrected chi connectivity index (χ4v) is 4.25. The van der Waals surface area contributed by atoms with Crippen LogP contribution in [0.2, 0.25) is 0 Å². The van der Waals surface area contributed by atoms with Crippen LogP contribution in [0.25, 0.3) is 10.2 Å². The van der Waals surface area contributed by atoms with Gasteiger partial charge in [0.05, 0.1) is 4.90 Å². The lowest BCUT2D eigenvalue weighted by atomic mass is 10.2. The molecule has 120 valence electrons. The van der Waals surface area contributed by atoms with Crippen LogP contribution in [0.5, 0.6) is 0 Å². The van der Waals surface area contributed by atoms with Crippen LogP contribution >= 0.6 is 23.1 Å². The van der Waals surface area contributed by atoms with Gasteiger partial charge < -0.3 is 0 Å². The maximum absolute atomic E-state index is 13.8. The van der Waals surface area contributed by atoms with Crippen LogP contribution in [0.15, 0.2) is 9.92 Å². The van der Waals surface area contributed by atoms with Gasteiger partial charge in [0.2, 0.25) is 0 Å². The second-order valence-corrected chi connectivity index (χ2v) is 6.99. The molecule has 0 N–H and O–H groups in total. The maximum atomic E-state index is 13.8. The predicted octanol–water partition coefficient (Wildman–Crippen LogP) is 4.72. The van der Waals surface area contributed by atoms with Crippen LogP contribution in [0.3, 0.4) is 0 Å². The maximum Gasteiger partial charge on any atom is 0.252 e. The summed E-state index contributed by atoms with van der Waals surface area (Å²) in [6.45, 7) is 5.35. The van der Waals surface area contributed by atoms with E-state index in [1.807, 2.05) is 13.8 Å². The lowest BCUT2D eigenvalue weighted by Crippen LogP contribution is -2.02. The molecule has 0 spiro atoms. The zero-order valence-electron chi connectivity index (χ0n) is 12.2. The van der Waals surface area contributed by atoms with Crippen LogP contribution in [0, 0.1) is 44.3 Å². The molecule has 0 atom stereocenters. The van der Waals surface area contributed by atoms with Crippen LogP contribution in [0.4, 0.5) is 17.6 Å². The molecule has 23 heavy (non-hydrogen) atoms. The molecule has 0 aromatic carbocycles.